The van der Waals surface area contributed by atoms with Crippen molar-refractivity contribution >= 4 is 23.1 Å². The van der Waals surface area contributed by atoms with Crippen LogP contribution in [0.5, 0.6) is 11.5 Å². The molecular weight excluding hydrogens is 835 g/mol. The molecule has 0 bridgehead atoms. The number of aliphatic hydroxyl groups is 1. The van der Waals surface area contributed by atoms with Gasteiger partial charge in [0, 0.05) is 6.61 Å². The average molecular weight is 908 g/mol. The van der Waals surface area contributed by atoms with E-state index in [-0.39, 0.29) is 17.1 Å². The van der Waals surface area contributed by atoms with Gasteiger partial charge in [0.15, 0.2) is 17.4 Å². The van der Waals surface area contributed by atoms with Crippen LogP contribution in [0.4, 0.5) is 5.95 Å². The van der Waals surface area contributed by atoms with E-state index in [1.807, 2.05) is 78.9 Å². The van der Waals surface area contributed by atoms with Crippen LogP contribution in [0.3, 0.4) is 0 Å². The fourth-order valence-electron chi connectivity index (χ4n) is 9.39. The molecule has 13 heteroatoms. The number of fused-ring (bicyclic) bond motifs is 1. The summed E-state index contributed by atoms with van der Waals surface area (Å²) in [6.07, 6.45) is 15.6. The molecule has 0 saturated carbocycles. The number of ether oxygens (including phenoxy) is 5. The summed E-state index contributed by atoms with van der Waals surface area (Å²) in [6.45, 7) is 6.15. The predicted molar refractivity (Wildman–Crippen MR) is 259 cm³/mol. The fraction of sp³-hybridized carbons (Fsp3) is 0.547. The van der Waals surface area contributed by atoms with Crippen LogP contribution in [0, 0.1) is 5.92 Å². The summed E-state index contributed by atoms with van der Waals surface area (Å²) in [7, 11) is 3.21. The highest BCUT2D eigenvalue weighted by molar-refractivity contribution is 5.73. The van der Waals surface area contributed by atoms with Gasteiger partial charge in [0.2, 0.25) is 5.95 Å². The Bertz CT molecular complexity index is 2210. The summed E-state index contributed by atoms with van der Waals surface area (Å²) < 4.78 is 33.2. The SMILES string of the molecule is CCCCCCCCCCCCCCCCCCO[C@@H]1[C@H](O)[C@@H](C(OC(=O)C(C)C)C(c2ccccc2)(c2ccc(OC)cc2)c2ccc(OC)cc2)O[C@H]1n1cnc2c(=O)[nH]c(N)nc21. The molecule has 2 aromatic heterocycles. The number of hydrogen-bond donors (Lipinski definition) is 3. The third-order valence-corrected chi connectivity index (χ3v) is 13.0. The van der Waals surface area contributed by atoms with E-state index in [2.05, 4.69) is 21.9 Å². The van der Waals surface area contributed by atoms with Crippen molar-refractivity contribution in [2.75, 3.05) is 26.6 Å². The highest BCUT2D eigenvalue weighted by atomic mass is 16.6. The van der Waals surface area contributed by atoms with Gasteiger partial charge in [0.25, 0.3) is 5.56 Å². The molecule has 1 fully saturated rings. The number of aromatic nitrogens is 4. The van der Waals surface area contributed by atoms with Gasteiger partial charge < -0.3 is 34.5 Å². The van der Waals surface area contributed by atoms with Gasteiger partial charge in [-0.2, -0.15) is 4.98 Å². The second kappa shape index (κ2) is 25.0. The number of methoxy groups -OCH3 is 2. The largest absolute Gasteiger partial charge is 0.497 e. The molecule has 358 valence electrons. The molecule has 66 heavy (non-hydrogen) atoms. The van der Waals surface area contributed by atoms with E-state index in [4.69, 9.17) is 29.4 Å². The third-order valence-electron chi connectivity index (χ3n) is 13.0. The van der Waals surface area contributed by atoms with Crippen molar-refractivity contribution < 1.29 is 33.6 Å². The fourth-order valence-corrected chi connectivity index (χ4v) is 9.39. The van der Waals surface area contributed by atoms with E-state index in [0.29, 0.717) is 18.1 Å². The number of carbonyl (C=O) groups excluding carboxylic acids is 1. The van der Waals surface area contributed by atoms with Gasteiger partial charge in [-0.05, 0) is 47.4 Å². The molecule has 13 nitrogen and oxygen atoms in total. The molecule has 3 heterocycles. The Labute approximate surface area is 390 Å². The molecule has 5 aromatic rings. The van der Waals surface area contributed by atoms with Gasteiger partial charge in [-0.15, -0.1) is 0 Å². The number of unbranched alkanes of at least 4 members (excludes halogenated alkanes) is 15. The summed E-state index contributed by atoms with van der Waals surface area (Å²) in [4.78, 5) is 38.5. The van der Waals surface area contributed by atoms with Crippen LogP contribution < -0.4 is 20.8 Å². The first-order valence-corrected chi connectivity index (χ1v) is 24.4. The Morgan fingerprint density at radius 2 is 1.27 bits per heavy atom. The van der Waals surface area contributed by atoms with E-state index >= 15 is 0 Å². The number of aliphatic hydroxyl groups excluding tert-OH is 1. The van der Waals surface area contributed by atoms with E-state index in [1.165, 1.54) is 89.8 Å². The average Bonchev–Trinajstić information content (AvgIpc) is 3.90. The molecule has 0 aliphatic carbocycles. The van der Waals surface area contributed by atoms with Crippen molar-refractivity contribution in [1.82, 2.24) is 19.5 Å². The highest BCUT2D eigenvalue weighted by Gasteiger charge is 2.58. The van der Waals surface area contributed by atoms with Crippen molar-refractivity contribution in [3.8, 4) is 11.5 Å². The molecule has 1 aliphatic heterocycles. The smallest absolute Gasteiger partial charge is 0.308 e. The maximum Gasteiger partial charge on any atom is 0.308 e. The standard InChI is InChI=1S/C53H73N5O8/c1-6-7-8-9-10-11-12-13-14-15-16-17-18-19-20-24-35-64-46-44(59)45(65-50(46)58-36-55-43-48(58)56-52(54)57-49(43)60)47(66-51(61)37(2)3)53(38-25-22-21-23-26-38,39-27-31-41(62-4)32-28-39)40-29-33-42(63-5)34-30-40/h21-23,25-34,36-37,44-47,50,59H,6-20,24,35H2,1-5H3,(H3,54,56,57,60)/t44-,45+,46-,47?,50-/m1/s1. The number of imidazole rings is 1. The van der Waals surface area contributed by atoms with Crippen LogP contribution >= 0.6 is 0 Å². The number of H-pyrrole nitrogens is 1. The normalized spacial score (nSPS) is 17.9. The summed E-state index contributed by atoms with van der Waals surface area (Å²) in [5.41, 5.74) is 6.76. The number of nitrogens with two attached hydrogens (primary N) is 1. The molecule has 4 N–H and O–H groups in total. The maximum atomic E-state index is 14.1. The minimum atomic E-state index is -1.35. The van der Waals surface area contributed by atoms with Gasteiger partial charge in [-0.25, -0.2) is 4.98 Å². The second-order valence-electron chi connectivity index (χ2n) is 18.0. The number of benzene rings is 3. The molecule has 0 radical (unpaired) electrons. The highest BCUT2D eigenvalue weighted by Crippen LogP contribution is 2.49. The van der Waals surface area contributed by atoms with Gasteiger partial charge in [-0.3, -0.25) is 19.1 Å². The van der Waals surface area contributed by atoms with E-state index in [9.17, 15) is 14.7 Å². The lowest BCUT2D eigenvalue weighted by atomic mass is 9.63. The zero-order valence-corrected chi connectivity index (χ0v) is 39.8. The van der Waals surface area contributed by atoms with Gasteiger partial charge in [0.1, 0.15) is 35.9 Å². The van der Waals surface area contributed by atoms with Crippen molar-refractivity contribution in [3.05, 3.63) is 112 Å². The van der Waals surface area contributed by atoms with Crippen LogP contribution in [0.15, 0.2) is 90.0 Å². The Balaban J connectivity index is 1.28. The van der Waals surface area contributed by atoms with E-state index in [1.54, 1.807) is 32.6 Å². The summed E-state index contributed by atoms with van der Waals surface area (Å²) in [5.74, 6) is 0.168. The molecule has 0 amide bonds. The zero-order valence-electron chi connectivity index (χ0n) is 39.8. The number of nitrogens with one attached hydrogen (secondary N) is 1. The number of aromatic amines is 1. The van der Waals surface area contributed by atoms with Crippen LogP contribution in [-0.2, 0) is 24.4 Å². The lowest BCUT2D eigenvalue weighted by Gasteiger charge is -2.45. The quantitative estimate of drug-likeness (QED) is 0.0248. The number of hydrogen-bond acceptors (Lipinski definition) is 11. The van der Waals surface area contributed by atoms with Crippen molar-refractivity contribution in [3.63, 3.8) is 0 Å². The van der Waals surface area contributed by atoms with Crippen molar-refractivity contribution in [2.45, 2.75) is 160 Å². The Morgan fingerprint density at radius 1 is 0.773 bits per heavy atom. The Hall–Kier alpha value is -5.24. The number of nitrogens with zero attached hydrogens (tertiary/aromatic N) is 3. The Kier molecular flexibility index (Phi) is 19.0. The number of esters is 1. The minimum Gasteiger partial charge on any atom is -0.497 e. The van der Waals surface area contributed by atoms with Crippen LogP contribution in [0.25, 0.3) is 11.2 Å². The summed E-state index contributed by atoms with van der Waals surface area (Å²) in [5, 5.41) is 12.8. The molecule has 1 saturated heterocycles. The monoisotopic (exact) mass is 908 g/mol. The van der Waals surface area contributed by atoms with Crippen molar-refractivity contribution in [1.29, 1.82) is 0 Å². The second-order valence-corrected chi connectivity index (χ2v) is 18.0. The number of carbonyl (C=O) groups is 1. The molecule has 5 atom stereocenters. The van der Waals surface area contributed by atoms with E-state index in [0.717, 1.165) is 36.0 Å². The first kappa shape index (κ1) is 50.2. The summed E-state index contributed by atoms with van der Waals surface area (Å²) >= 11 is 0. The van der Waals surface area contributed by atoms with Crippen LogP contribution in [0.1, 0.15) is 146 Å². The molecule has 6 rings (SSSR count). The first-order chi connectivity index (χ1) is 32.1. The first-order valence-electron chi connectivity index (χ1n) is 24.4. The van der Waals surface area contributed by atoms with Gasteiger partial charge >= 0.3 is 5.97 Å². The lowest BCUT2D eigenvalue weighted by Crippen LogP contribution is -2.55. The predicted octanol–water partition coefficient (Wildman–Crippen LogP) is 10.2. The molecule has 3 aromatic carbocycles. The number of rotatable bonds is 28. The third kappa shape index (κ3) is 12.2. The molecule has 0 spiro atoms. The van der Waals surface area contributed by atoms with Crippen LogP contribution in [0.2, 0.25) is 0 Å². The molecular formula is C53H73N5O8. The zero-order chi connectivity index (χ0) is 46.9. The lowest BCUT2D eigenvalue weighted by molar-refractivity contribution is -0.171. The molecule has 1 aliphatic rings. The van der Waals surface area contributed by atoms with E-state index < -0.39 is 53.5 Å². The Morgan fingerprint density at radius 3 is 1.77 bits per heavy atom. The molecule has 1 unspecified atom stereocenters. The summed E-state index contributed by atoms with van der Waals surface area (Å²) in [6, 6.07) is 25.0. The number of nitrogen functional groups attached to an aromatic ring is 1. The number of anilines is 1. The van der Waals surface area contributed by atoms with Gasteiger partial charge in [0.05, 0.1) is 31.9 Å². The maximum absolute atomic E-state index is 14.1. The topological polar surface area (TPSA) is 173 Å². The minimum absolute atomic E-state index is 0.0557. The van der Waals surface area contributed by atoms with Gasteiger partial charge in [-0.1, -0.05) is 172 Å². The van der Waals surface area contributed by atoms with Crippen LogP contribution in [-0.4, -0.2) is 75.8 Å². The van der Waals surface area contributed by atoms with Crippen molar-refractivity contribution in [2.24, 2.45) is 5.92 Å².